The van der Waals surface area contributed by atoms with E-state index in [1.165, 1.54) is 0 Å². The first kappa shape index (κ1) is 11.7. The molecule has 1 aromatic rings. The van der Waals surface area contributed by atoms with Gasteiger partial charge in [0.05, 0.1) is 17.3 Å². The zero-order chi connectivity index (χ0) is 10.8. The van der Waals surface area contributed by atoms with Crippen LogP contribution in [-0.4, -0.2) is 25.9 Å². The second-order valence-corrected chi connectivity index (χ2v) is 5.84. The summed E-state index contributed by atoms with van der Waals surface area (Å²) in [6.45, 7) is 1.38. The largest absolute Gasteiger partial charge is 0.395 e. The lowest BCUT2D eigenvalue weighted by molar-refractivity contribution is 0.319. The van der Waals surface area contributed by atoms with Crippen LogP contribution >= 0.6 is 15.9 Å². The van der Waals surface area contributed by atoms with Crippen LogP contribution in [0.1, 0.15) is 5.56 Å². The van der Waals surface area contributed by atoms with Gasteiger partial charge in [-0.2, -0.15) is 0 Å². The van der Waals surface area contributed by atoms with Crippen LogP contribution in [0.3, 0.4) is 0 Å². The Hall–Kier alpha value is -0.390. The lowest BCUT2D eigenvalue weighted by Crippen LogP contribution is -2.11. The van der Waals surface area contributed by atoms with Crippen molar-refractivity contribution in [2.24, 2.45) is 0 Å². The third-order valence-electron chi connectivity index (χ3n) is 1.91. The Morgan fingerprint density at radius 1 is 1.43 bits per heavy atom. The lowest BCUT2D eigenvalue weighted by Gasteiger charge is -2.07. The van der Waals surface area contributed by atoms with E-state index < -0.39 is 9.84 Å². The van der Waals surface area contributed by atoms with Crippen molar-refractivity contribution in [1.29, 1.82) is 0 Å². The Labute approximate surface area is 91.8 Å². The van der Waals surface area contributed by atoms with Crippen LogP contribution in [0.2, 0.25) is 0 Å². The molecule has 1 aromatic carbocycles. The molecule has 78 valence electrons. The van der Waals surface area contributed by atoms with Gasteiger partial charge in [-0.05, 0) is 24.6 Å². The third-order valence-corrected chi connectivity index (χ3v) is 4.60. The zero-order valence-electron chi connectivity index (χ0n) is 7.70. The van der Waals surface area contributed by atoms with Crippen LogP contribution in [0.5, 0.6) is 0 Å². The van der Waals surface area contributed by atoms with Crippen LogP contribution in [0, 0.1) is 6.92 Å². The third kappa shape index (κ3) is 2.34. The summed E-state index contributed by atoms with van der Waals surface area (Å²) in [5.41, 5.74) is 0.681. The highest BCUT2D eigenvalue weighted by Gasteiger charge is 2.16. The minimum Gasteiger partial charge on any atom is -0.395 e. The Balaban J connectivity index is 3.27. The number of aliphatic hydroxyl groups is 1. The molecule has 14 heavy (non-hydrogen) atoms. The minimum absolute atomic E-state index is 0.232. The monoisotopic (exact) mass is 278 g/mol. The van der Waals surface area contributed by atoms with Crippen LogP contribution in [0.15, 0.2) is 27.6 Å². The van der Waals surface area contributed by atoms with Gasteiger partial charge in [0.1, 0.15) is 0 Å². The Kier molecular flexibility index (Phi) is 3.69. The van der Waals surface area contributed by atoms with Gasteiger partial charge in [0, 0.05) is 4.47 Å². The van der Waals surface area contributed by atoms with Gasteiger partial charge in [-0.15, -0.1) is 0 Å². The summed E-state index contributed by atoms with van der Waals surface area (Å²) in [5.74, 6) is -0.232. The summed E-state index contributed by atoms with van der Waals surface area (Å²) in [7, 11) is -3.34. The van der Waals surface area contributed by atoms with Gasteiger partial charge in [-0.3, -0.25) is 0 Å². The zero-order valence-corrected chi connectivity index (χ0v) is 10.1. The van der Waals surface area contributed by atoms with Gasteiger partial charge in [-0.1, -0.05) is 22.0 Å². The predicted octanol–water partition coefficient (Wildman–Crippen LogP) is 1.52. The molecule has 0 aliphatic carbocycles. The average molecular weight is 279 g/mol. The SMILES string of the molecule is Cc1c(Br)cccc1S(=O)(=O)CCO. The summed E-state index contributed by atoms with van der Waals surface area (Å²) in [5, 5.41) is 8.63. The molecule has 0 aliphatic rings. The number of halogens is 1. The maximum atomic E-state index is 11.6. The highest BCUT2D eigenvalue weighted by molar-refractivity contribution is 9.10. The van der Waals surface area contributed by atoms with Gasteiger partial charge in [-0.25, -0.2) is 8.42 Å². The first-order valence-electron chi connectivity index (χ1n) is 4.08. The summed E-state index contributed by atoms with van der Waals surface area (Å²) in [6.07, 6.45) is 0. The Bertz CT molecular complexity index is 426. The van der Waals surface area contributed by atoms with Gasteiger partial charge in [0.2, 0.25) is 0 Å². The molecule has 0 aliphatic heterocycles. The highest BCUT2D eigenvalue weighted by atomic mass is 79.9. The summed E-state index contributed by atoms with van der Waals surface area (Å²) in [6, 6.07) is 5.00. The predicted molar refractivity (Wildman–Crippen MR) is 58.0 cm³/mol. The van der Waals surface area contributed by atoms with Crippen molar-refractivity contribution in [3.05, 3.63) is 28.2 Å². The quantitative estimate of drug-likeness (QED) is 0.912. The second kappa shape index (κ2) is 4.42. The van der Waals surface area contributed by atoms with Crippen molar-refractivity contribution < 1.29 is 13.5 Å². The molecule has 0 saturated heterocycles. The van der Waals surface area contributed by atoms with Crippen LogP contribution < -0.4 is 0 Å². The van der Waals surface area contributed by atoms with Crippen LogP contribution in [-0.2, 0) is 9.84 Å². The molecular weight excluding hydrogens is 268 g/mol. The molecule has 0 amide bonds. The van der Waals surface area contributed by atoms with Crippen molar-refractivity contribution in [2.45, 2.75) is 11.8 Å². The maximum absolute atomic E-state index is 11.6. The number of hydrogen-bond donors (Lipinski definition) is 1. The number of benzene rings is 1. The Morgan fingerprint density at radius 3 is 2.64 bits per heavy atom. The molecule has 0 fully saturated rings. The second-order valence-electron chi connectivity index (χ2n) is 2.91. The molecule has 0 aromatic heterocycles. The van der Waals surface area contributed by atoms with E-state index in [0.717, 1.165) is 4.47 Å². The van der Waals surface area contributed by atoms with Gasteiger partial charge in [0.15, 0.2) is 9.84 Å². The van der Waals surface area contributed by atoms with Crippen LogP contribution in [0.25, 0.3) is 0 Å². The number of hydrogen-bond acceptors (Lipinski definition) is 3. The molecule has 0 bridgehead atoms. The lowest BCUT2D eigenvalue weighted by atomic mass is 10.2. The maximum Gasteiger partial charge on any atom is 0.180 e. The minimum atomic E-state index is -3.34. The molecule has 0 radical (unpaired) electrons. The van der Waals surface area contributed by atoms with Crippen LogP contribution in [0.4, 0.5) is 0 Å². The molecule has 0 unspecified atom stereocenters. The molecule has 0 heterocycles. The topological polar surface area (TPSA) is 54.4 Å². The van der Waals surface area contributed by atoms with Crippen molar-refractivity contribution >= 4 is 25.8 Å². The van der Waals surface area contributed by atoms with E-state index in [1.807, 2.05) is 0 Å². The van der Waals surface area contributed by atoms with Gasteiger partial charge in [0.25, 0.3) is 0 Å². The van der Waals surface area contributed by atoms with E-state index in [-0.39, 0.29) is 17.3 Å². The summed E-state index contributed by atoms with van der Waals surface area (Å²) >= 11 is 3.26. The van der Waals surface area contributed by atoms with E-state index in [4.69, 9.17) is 5.11 Å². The number of rotatable bonds is 3. The molecule has 3 nitrogen and oxygen atoms in total. The fourth-order valence-corrected chi connectivity index (χ4v) is 2.97. The molecule has 1 rings (SSSR count). The van der Waals surface area contributed by atoms with Gasteiger partial charge >= 0.3 is 0 Å². The molecule has 1 N–H and O–H groups in total. The van der Waals surface area contributed by atoms with E-state index in [2.05, 4.69) is 15.9 Å². The van der Waals surface area contributed by atoms with Crippen molar-refractivity contribution in [2.75, 3.05) is 12.4 Å². The molecule has 0 atom stereocenters. The first-order valence-corrected chi connectivity index (χ1v) is 6.52. The van der Waals surface area contributed by atoms with Crippen molar-refractivity contribution in [1.82, 2.24) is 0 Å². The molecular formula is C9H11BrO3S. The summed E-state index contributed by atoms with van der Waals surface area (Å²) < 4.78 is 24.0. The van der Waals surface area contributed by atoms with E-state index in [9.17, 15) is 8.42 Å². The normalized spacial score (nSPS) is 11.6. The smallest absolute Gasteiger partial charge is 0.180 e. The fourth-order valence-electron chi connectivity index (χ4n) is 1.15. The van der Waals surface area contributed by atoms with Crippen molar-refractivity contribution in [3.63, 3.8) is 0 Å². The number of sulfone groups is 1. The average Bonchev–Trinajstić information content (AvgIpc) is 2.09. The fraction of sp³-hybridized carbons (Fsp3) is 0.333. The highest BCUT2D eigenvalue weighted by Crippen LogP contribution is 2.23. The standard InChI is InChI=1S/C9H11BrO3S/c1-7-8(10)3-2-4-9(7)14(12,13)6-5-11/h2-4,11H,5-6H2,1H3. The van der Waals surface area contributed by atoms with E-state index >= 15 is 0 Å². The molecule has 0 spiro atoms. The summed E-state index contributed by atoms with van der Waals surface area (Å²) in [4.78, 5) is 0.279. The molecule has 0 saturated carbocycles. The number of aliphatic hydroxyl groups excluding tert-OH is 1. The van der Waals surface area contributed by atoms with Gasteiger partial charge < -0.3 is 5.11 Å². The van der Waals surface area contributed by atoms with E-state index in [1.54, 1.807) is 25.1 Å². The van der Waals surface area contributed by atoms with E-state index in [0.29, 0.717) is 5.56 Å². The molecule has 5 heteroatoms. The van der Waals surface area contributed by atoms with Crippen molar-refractivity contribution in [3.8, 4) is 0 Å². The Morgan fingerprint density at radius 2 is 2.07 bits per heavy atom. The first-order chi connectivity index (χ1) is 6.49.